The summed E-state index contributed by atoms with van der Waals surface area (Å²) in [5, 5.41) is 0. The van der Waals surface area contributed by atoms with Gasteiger partial charge in [-0.05, 0) is 44.2 Å². The van der Waals surface area contributed by atoms with Crippen LogP contribution >= 0.6 is 0 Å². The molecule has 0 bridgehead atoms. The molecule has 220 valence electrons. The summed E-state index contributed by atoms with van der Waals surface area (Å²) < 4.78 is 53.7. The molecule has 2 unspecified atom stereocenters. The van der Waals surface area contributed by atoms with Crippen molar-refractivity contribution < 1.29 is 42.1 Å². The third-order valence-corrected chi connectivity index (χ3v) is 6.44. The van der Waals surface area contributed by atoms with E-state index in [1.807, 2.05) is 36.4 Å². The fraction of sp³-hybridized carbons (Fsp3) is 0.281. The van der Waals surface area contributed by atoms with Crippen molar-refractivity contribution in [1.29, 1.82) is 0 Å². The first-order valence-corrected chi connectivity index (χ1v) is 13.3. The lowest BCUT2D eigenvalue weighted by Gasteiger charge is -2.32. The molecule has 4 rings (SSSR count). The molecule has 3 aromatic rings. The van der Waals surface area contributed by atoms with E-state index in [1.54, 1.807) is 44.2 Å². The van der Waals surface area contributed by atoms with Gasteiger partial charge in [-0.3, -0.25) is 9.79 Å². The number of hydrogen-bond acceptors (Lipinski definition) is 8. The minimum atomic E-state index is -3.12. The molecule has 8 nitrogen and oxygen atoms in total. The standard InChI is InChI=1S/C32H31F2NO7/c1-21-27(30(36)40-19-17-38-23-11-5-3-6-12-23)29(25-15-9-10-16-26(25)42-32(33)34)28(22(2)35-21)31(37)41-20-18-39-24-13-7-4-8-14-24/h3-16,27,29,32H,17-20H2,1-2H3. The van der Waals surface area contributed by atoms with Crippen molar-refractivity contribution in [3.63, 3.8) is 0 Å². The number of halogens is 2. The number of carbonyl (C=O) groups excluding carboxylic acids is 2. The van der Waals surface area contributed by atoms with Crippen molar-refractivity contribution >= 4 is 17.7 Å². The van der Waals surface area contributed by atoms with Crippen LogP contribution in [0.25, 0.3) is 0 Å². The molecule has 0 radical (unpaired) electrons. The number of nitrogens with zero attached hydrogens (tertiary/aromatic N) is 1. The van der Waals surface area contributed by atoms with Gasteiger partial charge >= 0.3 is 18.6 Å². The highest BCUT2D eigenvalue weighted by atomic mass is 19.3. The van der Waals surface area contributed by atoms with Crippen molar-refractivity contribution in [3.8, 4) is 17.2 Å². The number of para-hydroxylation sites is 3. The van der Waals surface area contributed by atoms with E-state index in [4.69, 9.17) is 23.7 Å². The number of esters is 2. The lowest BCUT2D eigenvalue weighted by molar-refractivity contribution is -0.147. The fourth-order valence-corrected chi connectivity index (χ4v) is 4.68. The fourth-order valence-electron chi connectivity index (χ4n) is 4.68. The number of carbonyl (C=O) groups is 2. The number of ether oxygens (including phenoxy) is 5. The second-order valence-electron chi connectivity index (χ2n) is 9.25. The van der Waals surface area contributed by atoms with Crippen LogP contribution in [0.15, 0.2) is 101 Å². The van der Waals surface area contributed by atoms with Crippen molar-refractivity contribution in [2.45, 2.75) is 26.4 Å². The highest BCUT2D eigenvalue weighted by molar-refractivity contribution is 6.07. The number of alkyl halides is 2. The third-order valence-electron chi connectivity index (χ3n) is 6.44. The molecule has 0 N–H and O–H groups in total. The molecule has 0 amide bonds. The Hall–Kier alpha value is -4.73. The predicted molar refractivity (Wildman–Crippen MR) is 151 cm³/mol. The Kier molecular flexibility index (Phi) is 10.6. The zero-order valence-electron chi connectivity index (χ0n) is 23.2. The van der Waals surface area contributed by atoms with Crippen LogP contribution in [0, 0.1) is 5.92 Å². The zero-order chi connectivity index (χ0) is 29.9. The topological polar surface area (TPSA) is 92.7 Å². The molecule has 1 aliphatic rings. The van der Waals surface area contributed by atoms with Gasteiger partial charge in [-0.25, -0.2) is 4.79 Å². The van der Waals surface area contributed by atoms with Crippen LogP contribution in [0.5, 0.6) is 17.2 Å². The zero-order valence-corrected chi connectivity index (χ0v) is 23.2. The van der Waals surface area contributed by atoms with Crippen LogP contribution < -0.4 is 14.2 Å². The van der Waals surface area contributed by atoms with Crippen LogP contribution in [0.4, 0.5) is 8.78 Å². The maximum Gasteiger partial charge on any atom is 0.387 e. The first kappa shape index (κ1) is 30.2. The van der Waals surface area contributed by atoms with Crippen LogP contribution in [-0.2, 0) is 19.1 Å². The van der Waals surface area contributed by atoms with E-state index in [-0.39, 0.29) is 49.0 Å². The highest BCUT2D eigenvalue weighted by Crippen LogP contribution is 2.43. The monoisotopic (exact) mass is 579 g/mol. The number of rotatable bonds is 13. The Bertz CT molecular complexity index is 1410. The quantitative estimate of drug-likeness (QED) is 0.182. The molecule has 42 heavy (non-hydrogen) atoms. The van der Waals surface area contributed by atoms with Crippen LogP contribution in [0.1, 0.15) is 25.3 Å². The first-order valence-electron chi connectivity index (χ1n) is 13.3. The lowest BCUT2D eigenvalue weighted by Crippen LogP contribution is -2.37. The molecule has 0 spiro atoms. The summed E-state index contributed by atoms with van der Waals surface area (Å²) in [5.41, 5.74) is 0.867. The Morgan fingerprint density at radius 2 is 1.31 bits per heavy atom. The number of aliphatic imine (C=N–C) groups is 1. The lowest BCUT2D eigenvalue weighted by atomic mass is 9.75. The van der Waals surface area contributed by atoms with Crippen LogP contribution in [0.2, 0.25) is 0 Å². The van der Waals surface area contributed by atoms with Gasteiger partial charge in [0.15, 0.2) is 0 Å². The normalized spacial score (nSPS) is 16.5. The molecular weight excluding hydrogens is 548 g/mol. The summed E-state index contributed by atoms with van der Waals surface area (Å²) in [6.07, 6.45) is 0. The molecule has 1 aliphatic heterocycles. The molecule has 0 fully saturated rings. The highest BCUT2D eigenvalue weighted by Gasteiger charge is 2.43. The molecule has 3 aromatic carbocycles. The predicted octanol–water partition coefficient (Wildman–Crippen LogP) is 5.98. The van der Waals surface area contributed by atoms with Gasteiger partial charge in [-0.2, -0.15) is 8.78 Å². The Balaban J connectivity index is 1.56. The minimum Gasteiger partial charge on any atom is -0.490 e. The summed E-state index contributed by atoms with van der Waals surface area (Å²) in [5.74, 6) is -2.60. The molecule has 0 saturated carbocycles. The van der Waals surface area contributed by atoms with Gasteiger partial charge in [-0.1, -0.05) is 54.6 Å². The van der Waals surface area contributed by atoms with Gasteiger partial charge in [-0.15, -0.1) is 0 Å². The van der Waals surface area contributed by atoms with E-state index in [1.165, 1.54) is 18.2 Å². The summed E-state index contributed by atoms with van der Waals surface area (Å²) in [6, 6.07) is 24.0. The van der Waals surface area contributed by atoms with Gasteiger partial charge in [0.2, 0.25) is 0 Å². The van der Waals surface area contributed by atoms with Gasteiger partial charge < -0.3 is 23.7 Å². The third kappa shape index (κ3) is 7.93. The van der Waals surface area contributed by atoms with E-state index in [9.17, 15) is 18.4 Å². The van der Waals surface area contributed by atoms with Crippen molar-refractivity contribution in [2.75, 3.05) is 26.4 Å². The van der Waals surface area contributed by atoms with E-state index in [0.717, 1.165) is 0 Å². The second kappa shape index (κ2) is 14.8. The summed E-state index contributed by atoms with van der Waals surface area (Å²) in [4.78, 5) is 31.4. The summed E-state index contributed by atoms with van der Waals surface area (Å²) in [6.45, 7) is 0.0711. The molecule has 2 atom stereocenters. The van der Waals surface area contributed by atoms with Crippen molar-refractivity contribution in [1.82, 2.24) is 0 Å². The molecule has 0 aromatic heterocycles. The van der Waals surface area contributed by atoms with Crippen LogP contribution in [0.3, 0.4) is 0 Å². The summed E-state index contributed by atoms with van der Waals surface area (Å²) >= 11 is 0. The summed E-state index contributed by atoms with van der Waals surface area (Å²) in [7, 11) is 0. The van der Waals surface area contributed by atoms with Crippen molar-refractivity contribution in [3.05, 3.63) is 102 Å². The average molecular weight is 580 g/mol. The van der Waals surface area contributed by atoms with Gasteiger partial charge in [0, 0.05) is 22.9 Å². The molecule has 1 heterocycles. The SMILES string of the molecule is CC1=NC(C)=C(C(=O)OCCOc2ccccc2)C(c2ccccc2OC(F)F)C1C(=O)OCCOc1ccccc1. The number of hydrogen-bond donors (Lipinski definition) is 0. The Labute approximate surface area is 242 Å². The number of allylic oxidation sites excluding steroid dienone is 1. The minimum absolute atomic E-state index is 0.0353. The van der Waals surface area contributed by atoms with Crippen molar-refractivity contribution in [2.24, 2.45) is 10.9 Å². The van der Waals surface area contributed by atoms with E-state index >= 15 is 0 Å². The Morgan fingerprint density at radius 1 is 0.762 bits per heavy atom. The second-order valence-corrected chi connectivity index (χ2v) is 9.25. The maximum absolute atomic E-state index is 13.5. The Morgan fingerprint density at radius 3 is 1.90 bits per heavy atom. The van der Waals surface area contributed by atoms with Gasteiger partial charge in [0.1, 0.15) is 49.6 Å². The average Bonchev–Trinajstić information content (AvgIpc) is 2.98. The van der Waals surface area contributed by atoms with Gasteiger partial charge in [0.25, 0.3) is 0 Å². The first-order chi connectivity index (χ1) is 20.3. The van der Waals surface area contributed by atoms with Gasteiger partial charge in [0.05, 0.1) is 5.57 Å². The molecule has 10 heteroatoms. The molecular formula is C32H31F2NO7. The van der Waals surface area contributed by atoms with Crippen LogP contribution in [-0.4, -0.2) is 50.7 Å². The largest absolute Gasteiger partial charge is 0.490 e. The molecule has 0 saturated heterocycles. The number of benzene rings is 3. The smallest absolute Gasteiger partial charge is 0.387 e. The van der Waals surface area contributed by atoms with E-state index in [2.05, 4.69) is 4.99 Å². The molecule has 0 aliphatic carbocycles. The maximum atomic E-state index is 13.5. The van der Waals surface area contributed by atoms with E-state index < -0.39 is 30.4 Å². The van der Waals surface area contributed by atoms with E-state index in [0.29, 0.717) is 17.2 Å².